The summed E-state index contributed by atoms with van der Waals surface area (Å²) in [7, 11) is 0. The number of aryl methyl sites for hydroxylation is 1. The third-order valence-electron chi connectivity index (χ3n) is 3.36. The number of furan rings is 1. The third-order valence-corrected chi connectivity index (χ3v) is 3.75. The van der Waals surface area contributed by atoms with Gasteiger partial charge < -0.3 is 9.52 Å². The summed E-state index contributed by atoms with van der Waals surface area (Å²) < 4.78 is 5.61. The second-order valence-corrected chi connectivity index (χ2v) is 5.37. The molecule has 0 saturated heterocycles. The Labute approximate surface area is 132 Å². The Bertz CT molecular complexity index is 890. The summed E-state index contributed by atoms with van der Waals surface area (Å²) in [5.74, 6) is 0.0667. The molecule has 0 spiro atoms. The van der Waals surface area contributed by atoms with E-state index in [0.29, 0.717) is 16.4 Å². The van der Waals surface area contributed by atoms with Gasteiger partial charge in [-0.25, -0.2) is 0 Å². The van der Waals surface area contributed by atoms with Crippen LogP contribution in [-0.4, -0.2) is 10.9 Å². The molecule has 3 aromatic rings. The first-order valence-electron chi connectivity index (χ1n) is 6.75. The van der Waals surface area contributed by atoms with E-state index in [1.54, 1.807) is 12.1 Å². The first-order valence-corrected chi connectivity index (χ1v) is 7.13. The lowest BCUT2D eigenvalue weighted by Gasteiger charge is -2.01. The summed E-state index contributed by atoms with van der Waals surface area (Å²) in [6.45, 7) is 1.86. The number of fused-ring (bicyclic) bond motifs is 1. The van der Waals surface area contributed by atoms with Gasteiger partial charge in [0.05, 0.1) is 10.6 Å². The molecule has 1 N–H and O–H groups in total. The first kappa shape index (κ1) is 14.4. The van der Waals surface area contributed by atoms with Crippen LogP contribution < -0.4 is 0 Å². The molecule has 22 heavy (non-hydrogen) atoms. The number of aromatic hydroxyl groups is 1. The molecule has 0 radical (unpaired) electrons. The number of rotatable bonds is 3. The van der Waals surface area contributed by atoms with Crippen molar-refractivity contribution in [1.29, 1.82) is 0 Å². The predicted octanol–water partition coefficient (Wildman–Crippen LogP) is 5.00. The molecular weight excluding hydrogens is 300 g/mol. The number of hydrogen-bond acceptors (Lipinski definition) is 3. The average Bonchev–Trinajstić information content (AvgIpc) is 2.84. The minimum atomic E-state index is -0.308. The van der Waals surface area contributed by atoms with Crippen LogP contribution in [0.1, 0.15) is 21.7 Å². The van der Waals surface area contributed by atoms with Gasteiger partial charge in [0, 0.05) is 5.39 Å². The van der Waals surface area contributed by atoms with Crippen LogP contribution in [0.15, 0.2) is 53.0 Å². The topological polar surface area (TPSA) is 50.4 Å². The van der Waals surface area contributed by atoms with Crippen molar-refractivity contribution >= 4 is 34.4 Å². The van der Waals surface area contributed by atoms with Crippen LogP contribution >= 0.6 is 11.6 Å². The van der Waals surface area contributed by atoms with Crippen molar-refractivity contribution in [1.82, 2.24) is 0 Å². The van der Waals surface area contributed by atoms with Crippen LogP contribution in [-0.2, 0) is 0 Å². The molecule has 2 aromatic carbocycles. The summed E-state index contributed by atoms with van der Waals surface area (Å²) in [4.78, 5) is 12.2. The fraction of sp³-hybridized carbons (Fsp3) is 0.0556. The standard InChI is InChI=1S/C18H13ClO3/c1-11-6-7-14(20)13(10-11)15(21)8-9-17-18(19)12-4-2-3-5-16(12)22-17/h2-10,20H,1H3/b9-8+. The van der Waals surface area contributed by atoms with Crippen molar-refractivity contribution in [2.24, 2.45) is 0 Å². The molecule has 0 saturated carbocycles. The first-order chi connectivity index (χ1) is 10.6. The van der Waals surface area contributed by atoms with E-state index in [-0.39, 0.29) is 17.1 Å². The van der Waals surface area contributed by atoms with E-state index in [0.717, 1.165) is 10.9 Å². The molecule has 3 rings (SSSR count). The zero-order valence-electron chi connectivity index (χ0n) is 11.8. The lowest BCUT2D eigenvalue weighted by molar-refractivity contribution is 0.104. The minimum Gasteiger partial charge on any atom is -0.507 e. The zero-order valence-corrected chi connectivity index (χ0v) is 12.6. The maximum absolute atomic E-state index is 12.2. The number of benzene rings is 2. The normalized spacial score (nSPS) is 11.4. The van der Waals surface area contributed by atoms with Gasteiger partial charge >= 0.3 is 0 Å². The average molecular weight is 313 g/mol. The highest BCUT2D eigenvalue weighted by molar-refractivity contribution is 6.36. The van der Waals surface area contributed by atoms with Gasteiger partial charge in [-0.1, -0.05) is 35.4 Å². The highest BCUT2D eigenvalue weighted by atomic mass is 35.5. The fourth-order valence-corrected chi connectivity index (χ4v) is 2.49. The number of phenols is 1. The molecule has 110 valence electrons. The number of allylic oxidation sites excluding steroid dienone is 1. The maximum Gasteiger partial charge on any atom is 0.189 e. The zero-order chi connectivity index (χ0) is 15.7. The van der Waals surface area contributed by atoms with Crippen LogP contribution in [0.2, 0.25) is 5.02 Å². The third kappa shape index (κ3) is 2.63. The molecule has 0 unspecified atom stereocenters. The number of para-hydroxylation sites is 1. The van der Waals surface area contributed by atoms with E-state index in [1.165, 1.54) is 18.2 Å². The lowest BCUT2D eigenvalue weighted by atomic mass is 10.1. The molecule has 0 bridgehead atoms. The lowest BCUT2D eigenvalue weighted by Crippen LogP contribution is -1.95. The van der Waals surface area contributed by atoms with E-state index in [2.05, 4.69) is 0 Å². The molecule has 1 aromatic heterocycles. The molecular formula is C18H13ClO3. The Morgan fingerprint density at radius 1 is 1.23 bits per heavy atom. The Balaban J connectivity index is 1.94. The van der Waals surface area contributed by atoms with E-state index in [4.69, 9.17) is 16.0 Å². The van der Waals surface area contributed by atoms with E-state index >= 15 is 0 Å². The van der Waals surface area contributed by atoms with Crippen molar-refractivity contribution in [3.8, 4) is 5.75 Å². The maximum atomic E-state index is 12.2. The van der Waals surface area contributed by atoms with Gasteiger partial charge in [-0.2, -0.15) is 0 Å². The van der Waals surface area contributed by atoms with Crippen molar-refractivity contribution in [2.45, 2.75) is 6.92 Å². The van der Waals surface area contributed by atoms with Gasteiger partial charge in [-0.3, -0.25) is 4.79 Å². The van der Waals surface area contributed by atoms with Crippen LogP contribution in [0.25, 0.3) is 17.0 Å². The molecule has 0 aliphatic carbocycles. The van der Waals surface area contributed by atoms with Crippen LogP contribution in [0, 0.1) is 6.92 Å². The summed E-state index contributed by atoms with van der Waals surface area (Å²) in [5.41, 5.74) is 1.82. The van der Waals surface area contributed by atoms with Crippen LogP contribution in [0.4, 0.5) is 0 Å². The quantitative estimate of drug-likeness (QED) is 0.547. The number of carbonyl (C=O) groups is 1. The summed E-state index contributed by atoms with van der Waals surface area (Å²) in [5, 5.41) is 11.0. The van der Waals surface area contributed by atoms with Gasteiger partial charge in [0.2, 0.25) is 0 Å². The summed E-state index contributed by atoms with van der Waals surface area (Å²) in [6.07, 6.45) is 2.87. The van der Waals surface area contributed by atoms with Crippen molar-refractivity contribution in [3.05, 3.63) is 70.5 Å². The number of halogens is 1. The number of phenolic OH excluding ortho intramolecular Hbond substituents is 1. The number of carbonyl (C=O) groups excluding carboxylic acids is 1. The van der Waals surface area contributed by atoms with Crippen LogP contribution in [0.3, 0.4) is 0 Å². The van der Waals surface area contributed by atoms with E-state index < -0.39 is 0 Å². The largest absolute Gasteiger partial charge is 0.507 e. The predicted molar refractivity (Wildman–Crippen MR) is 87.4 cm³/mol. The molecule has 4 heteroatoms. The summed E-state index contributed by atoms with van der Waals surface area (Å²) in [6, 6.07) is 12.3. The van der Waals surface area contributed by atoms with E-state index in [1.807, 2.05) is 31.2 Å². The number of hydrogen-bond donors (Lipinski definition) is 1. The van der Waals surface area contributed by atoms with E-state index in [9.17, 15) is 9.90 Å². The Kier molecular flexibility index (Phi) is 3.73. The van der Waals surface area contributed by atoms with Crippen molar-refractivity contribution in [3.63, 3.8) is 0 Å². The Morgan fingerprint density at radius 2 is 2.00 bits per heavy atom. The molecule has 0 amide bonds. The second kappa shape index (κ2) is 5.70. The minimum absolute atomic E-state index is 0.0454. The molecule has 0 atom stereocenters. The fourth-order valence-electron chi connectivity index (χ4n) is 2.23. The highest BCUT2D eigenvalue weighted by Crippen LogP contribution is 2.31. The molecule has 0 aliphatic rings. The van der Waals surface area contributed by atoms with Gasteiger partial charge in [0.1, 0.15) is 17.1 Å². The van der Waals surface area contributed by atoms with Gasteiger partial charge in [-0.15, -0.1) is 0 Å². The highest BCUT2D eigenvalue weighted by Gasteiger charge is 2.11. The monoisotopic (exact) mass is 312 g/mol. The second-order valence-electron chi connectivity index (χ2n) is 4.99. The SMILES string of the molecule is Cc1ccc(O)c(C(=O)/C=C/c2oc3ccccc3c2Cl)c1. The van der Waals surface area contributed by atoms with Gasteiger partial charge in [-0.05, 0) is 43.3 Å². The molecule has 3 nitrogen and oxygen atoms in total. The molecule has 0 aliphatic heterocycles. The number of ketones is 1. The smallest absolute Gasteiger partial charge is 0.189 e. The van der Waals surface area contributed by atoms with Crippen LogP contribution in [0.5, 0.6) is 5.75 Å². The Morgan fingerprint density at radius 3 is 2.77 bits per heavy atom. The van der Waals surface area contributed by atoms with Crippen molar-refractivity contribution < 1.29 is 14.3 Å². The van der Waals surface area contributed by atoms with Gasteiger partial charge in [0.25, 0.3) is 0 Å². The Hall–Kier alpha value is -2.52. The summed E-state index contributed by atoms with van der Waals surface area (Å²) >= 11 is 6.24. The molecule has 1 heterocycles. The molecule has 0 fully saturated rings. The van der Waals surface area contributed by atoms with Crippen molar-refractivity contribution in [2.75, 3.05) is 0 Å². The van der Waals surface area contributed by atoms with Gasteiger partial charge in [0.15, 0.2) is 5.78 Å².